The number of aryl methyl sites for hydroxylation is 4. The number of thioether (sulfide) groups is 1. The van der Waals surface area contributed by atoms with Crippen LogP contribution in [0.25, 0.3) is 15.9 Å². The number of nitrogens with zero attached hydrogens (tertiary/aromatic N) is 3. The van der Waals surface area contributed by atoms with Crippen LogP contribution in [-0.4, -0.2) is 39.2 Å². The van der Waals surface area contributed by atoms with Gasteiger partial charge in [-0.05, 0) is 58.7 Å². The summed E-state index contributed by atoms with van der Waals surface area (Å²) in [5, 5.41) is 1.21. The van der Waals surface area contributed by atoms with Crippen LogP contribution in [0.3, 0.4) is 0 Å². The number of carbonyl (C=O) groups excluding carboxylic acids is 1. The van der Waals surface area contributed by atoms with Gasteiger partial charge in [-0.15, -0.1) is 11.3 Å². The fourth-order valence-electron chi connectivity index (χ4n) is 3.56. The number of thiophene rings is 1. The molecule has 0 aliphatic carbocycles. The molecule has 0 bridgehead atoms. The van der Waals surface area contributed by atoms with E-state index in [1.165, 1.54) is 23.1 Å². The Balaban J connectivity index is 2.10. The molecule has 0 unspecified atom stereocenters. The van der Waals surface area contributed by atoms with E-state index in [2.05, 4.69) is 12.6 Å². The van der Waals surface area contributed by atoms with Crippen LogP contribution in [0, 0.1) is 27.7 Å². The highest BCUT2D eigenvalue weighted by atomic mass is 32.2. The van der Waals surface area contributed by atoms with Crippen molar-refractivity contribution in [2.45, 2.75) is 46.7 Å². The molecule has 0 atom stereocenters. The third kappa shape index (κ3) is 4.77. The minimum atomic E-state index is -0.0805. The first-order valence-electron chi connectivity index (χ1n) is 10.3. The van der Waals surface area contributed by atoms with Gasteiger partial charge in [-0.25, -0.2) is 4.98 Å². The fourth-order valence-corrected chi connectivity index (χ4v) is 5.54. The maximum absolute atomic E-state index is 13.6. The highest BCUT2D eigenvalue weighted by Gasteiger charge is 2.21. The summed E-state index contributed by atoms with van der Waals surface area (Å²) in [5.74, 6) is 0.225. The molecule has 0 saturated carbocycles. The van der Waals surface area contributed by atoms with E-state index >= 15 is 0 Å². The SMILES string of the molecule is C=C(C)CN(CC)C(=O)CSc1nc2sc(C)c(C)c2c(=O)n1-c1ccc(C)cc1C. The molecule has 1 amide bonds. The van der Waals surface area contributed by atoms with Gasteiger partial charge in [-0.3, -0.25) is 14.2 Å². The van der Waals surface area contributed by atoms with Crippen molar-refractivity contribution in [3.8, 4) is 5.69 Å². The average Bonchev–Trinajstić information content (AvgIpc) is 2.99. The van der Waals surface area contributed by atoms with E-state index in [1.807, 2.05) is 53.7 Å². The molecule has 31 heavy (non-hydrogen) atoms. The Labute approximate surface area is 191 Å². The van der Waals surface area contributed by atoms with Gasteiger partial charge in [0.15, 0.2) is 5.16 Å². The summed E-state index contributed by atoms with van der Waals surface area (Å²) in [4.78, 5) is 34.8. The molecule has 5 nitrogen and oxygen atoms in total. The van der Waals surface area contributed by atoms with Crippen molar-refractivity contribution in [2.24, 2.45) is 0 Å². The predicted octanol–water partition coefficient (Wildman–Crippen LogP) is 5.20. The van der Waals surface area contributed by atoms with E-state index in [9.17, 15) is 9.59 Å². The Morgan fingerprint density at radius 1 is 1.26 bits per heavy atom. The maximum Gasteiger partial charge on any atom is 0.267 e. The Kier molecular flexibility index (Phi) is 7.06. The molecule has 1 aromatic carbocycles. The molecule has 0 N–H and O–H groups in total. The first-order chi connectivity index (χ1) is 14.6. The lowest BCUT2D eigenvalue weighted by molar-refractivity contribution is -0.127. The zero-order valence-electron chi connectivity index (χ0n) is 19.0. The van der Waals surface area contributed by atoms with E-state index < -0.39 is 0 Å². The first-order valence-corrected chi connectivity index (χ1v) is 12.1. The average molecular weight is 456 g/mol. The maximum atomic E-state index is 13.6. The molecule has 2 aromatic heterocycles. The standard InChI is InChI=1S/C24H29N3O2S2/c1-8-26(12-14(2)3)20(28)13-30-24-25-22-21(17(6)18(7)31-22)23(29)27(24)19-10-9-15(4)11-16(19)5/h9-11H,2,8,12-13H2,1,3-7H3. The zero-order valence-corrected chi connectivity index (χ0v) is 20.7. The van der Waals surface area contributed by atoms with Gasteiger partial charge < -0.3 is 4.90 Å². The quantitative estimate of drug-likeness (QED) is 0.279. The molecule has 3 rings (SSSR count). The summed E-state index contributed by atoms with van der Waals surface area (Å²) in [5.41, 5.74) is 4.77. The van der Waals surface area contributed by atoms with Crippen LogP contribution >= 0.6 is 23.1 Å². The third-order valence-electron chi connectivity index (χ3n) is 5.29. The highest BCUT2D eigenvalue weighted by molar-refractivity contribution is 7.99. The first kappa shape index (κ1) is 23.3. The number of likely N-dealkylation sites (N-methyl/N-ethyl adjacent to an activating group) is 1. The second-order valence-electron chi connectivity index (χ2n) is 7.94. The van der Waals surface area contributed by atoms with Gasteiger partial charge in [0.05, 0.1) is 16.8 Å². The largest absolute Gasteiger partial charge is 0.338 e. The summed E-state index contributed by atoms with van der Waals surface area (Å²) in [6, 6.07) is 6.01. The second kappa shape index (κ2) is 9.40. The summed E-state index contributed by atoms with van der Waals surface area (Å²) >= 11 is 2.84. The number of carbonyl (C=O) groups is 1. The normalized spacial score (nSPS) is 11.2. The van der Waals surface area contributed by atoms with Gasteiger partial charge in [0, 0.05) is 18.0 Å². The monoisotopic (exact) mass is 455 g/mol. The van der Waals surface area contributed by atoms with Gasteiger partial charge in [-0.2, -0.15) is 0 Å². The molecular weight excluding hydrogens is 426 g/mol. The molecule has 0 aliphatic rings. The zero-order chi connectivity index (χ0) is 22.9. The Morgan fingerprint density at radius 2 is 1.97 bits per heavy atom. The Bertz CT molecular complexity index is 1220. The smallest absolute Gasteiger partial charge is 0.267 e. The van der Waals surface area contributed by atoms with Crippen LogP contribution in [0.15, 0.2) is 40.3 Å². The molecule has 7 heteroatoms. The van der Waals surface area contributed by atoms with Gasteiger partial charge in [-0.1, -0.05) is 41.6 Å². The van der Waals surface area contributed by atoms with Crippen molar-refractivity contribution in [1.82, 2.24) is 14.5 Å². The van der Waals surface area contributed by atoms with Gasteiger partial charge in [0.25, 0.3) is 5.56 Å². The number of fused-ring (bicyclic) bond motifs is 1. The number of hydrogen-bond donors (Lipinski definition) is 0. The van der Waals surface area contributed by atoms with E-state index in [1.54, 1.807) is 9.47 Å². The third-order valence-corrected chi connectivity index (χ3v) is 7.31. The molecule has 0 aliphatic heterocycles. The molecular formula is C24H29N3O2S2. The Morgan fingerprint density at radius 3 is 2.58 bits per heavy atom. The molecule has 164 valence electrons. The van der Waals surface area contributed by atoms with Crippen molar-refractivity contribution < 1.29 is 4.79 Å². The van der Waals surface area contributed by atoms with Crippen LogP contribution in [0.5, 0.6) is 0 Å². The molecule has 0 saturated heterocycles. The molecule has 3 aromatic rings. The number of rotatable bonds is 7. The molecule has 0 radical (unpaired) electrons. The van der Waals surface area contributed by atoms with Gasteiger partial charge >= 0.3 is 0 Å². The fraction of sp³-hybridized carbons (Fsp3) is 0.375. The number of hydrogen-bond acceptors (Lipinski definition) is 5. The summed E-state index contributed by atoms with van der Waals surface area (Å²) in [6.45, 7) is 16.9. The van der Waals surface area contributed by atoms with E-state index in [4.69, 9.17) is 4.98 Å². The molecule has 2 heterocycles. The van der Waals surface area contributed by atoms with Crippen molar-refractivity contribution in [1.29, 1.82) is 0 Å². The van der Waals surface area contributed by atoms with E-state index in [0.29, 0.717) is 23.6 Å². The minimum Gasteiger partial charge on any atom is -0.338 e. The molecule has 0 fully saturated rings. The number of amides is 1. The predicted molar refractivity (Wildman–Crippen MR) is 132 cm³/mol. The van der Waals surface area contributed by atoms with Crippen molar-refractivity contribution in [3.63, 3.8) is 0 Å². The lowest BCUT2D eigenvalue weighted by Gasteiger charge is -2.21. The van der Waals surface area contributed by atoms with Crippen LogP contribution in [0.1, 0.15) is 35.4 Å². The van der Waals surface area contributed by atoms with Gasteiger partial charge in [0.1, 0.15) is 4.83 Å². The molecule has 0 spiro atoms. The van der Waals surface area contributed by atoms with E-state index in [-0.39, 0.29) is 17.2 Å². The summed E-state index contributed by atoms with van der Waals surface area (Å²) in [6.07, 6.45) is 0. The lowest BCUT2D eigenvalue weighted by Crippen LogP contribution is -2.33. The van der Waals surface area contributed by atoms with Crippen LogP contribution in [0.2, 0.25) is 0 Å². The van der Waals surface area contributed by atoms with Crippen LogP contribution in [0.4, 0.5) is 0 Å². The van der Waals surface area contributed by atoms with E-state index in [0.717, 1.165) is 37.7 Å². The Hall–Kier alpha value is -2.38. The van der Waals surface area contributed by atoms with Crippen molar-refractivity contribution in [3.05, 3.63) is 62.3 Å². The topological polar surface area (TPSA) is 55.2 Å². The lowest BCUT2D eigenvalue weighted by atomic mass is 10.1. The number of benzene rings is 1. The summed E-state index contributed by atoms with van der Waals surface area (Å²) < 4.78 is 1.67. The minimum absolute atomic E-state index is 0.00978. The highest BCUT2D eigenvalue weighted by Crippen LogP contribution is 2.30. The van der Waals surface area contributed by atoms with Gasteiger partial charge in [0.2, 0.25) is 5.91 Å². The second-order valence-corrected chi connectivity index (χ2v) is 10.1. The summed E-state index contributed by atoms with van der Waals surface area (Å²) in [7, 11) is 0. The van der Waals surface area contributed by atoms with Crippen molar-refractivity contribution >= 4 is 39.2 Å². The number of aromatic nitrogens is 2. The van der Waals surface area contributed by atoms with Crippen LogP contribution < -0.4 is 5.56 Å². The van der Waals surface area contributed by atoms with Crippen LogP contribution in [-0.2, 0) is 4.79 Å². The van der Waals surface area contributed by atoms with Crippen molar-refractivity contribution in [2.75, 3.05) is 18.8 Å².